The molecule has 1 unspecified atom stereocenters. The monoisotopic (exact) mass is 245 g/mol. The molecule has 0 radical (unpaired) electrons. The molecule has 1 N–H and O–H groups in total. The van der Waals surface area contributed by atoms with Crippen LogP contribution >= 0.6 is 23.3 Å². The molecule has 0 fully saturated rings. The maximum atomic E-state index is 4.17. The maximum absolute atomic E-state index is 4.17. The highest BCUT2D eigenvalue weighted by Gasteiger charge is 2.08. The summed E-state index contributed by atoms with van der Waals surface area (Å²) in [5, 5.41) is 3.57. The van der Waals surface area contributed by atoms with Crippen LogP contribution in [0.5, 0.6) is 0 Å². The largest absolute Gasteiger partial charge is 0.313 e. The third-order valence-corrected chi connectivity index (χ3v) is 4.03. The van der Waals surface area contributed by atoms with E-state index < -0.39 is 0 Å². The molecule has 0 saturated carbocycles. The molecular weight excluding hydrogens is 226 g/mol. The number of nitrogens with one attached hydrogen (secondary N) is 1. The Bertz CT molecular complexity index is 239. The van der Waals surface area contributed by atoms with E-state index in [4.69, 9.17) is 0 Å². The lowest BCUT2D eigenvalue weighted by Gasteiger charge is -2.16. The molecule has 0 spiro atoms. The van der Waals surface area contributed by atoms with Gasteiger partial charge in [-0.05, 0) is 30.9 Å². The molecule has 1 heterocycles. The predicted molar refractivity (Wildman–Crippen MR) is 67.6 cm³/mol. The zero-order valence-electron chi connectivity index (χ0n) is 9.40. The minimum atomic E-state index is 0.615. The van der Waals surface area contributed by atoms with Gasteiger partial charge >= 0.3 is 0 Å². The number of aromatic nitrogens is 2. The molecule has 0 amide bonds. The van der Waals surface area contributed by atoms with Gasteiger partial charge in [0.2, 0.25) is 0 Å². The van der Waals surface area contributed by atoms with Crippen LogP contribution in [-0.2, 0) is 0 Å². The second-order valence-corrected chi connectivity index (χ2v) is 5.51. The molecule has 1 aromatic rings. The molecular formula is C10H19N3S2. The average Bonchev–Trinajstić information content (AvgIpc) is 2.75. The highest BCUT2D eigenvalue weighted by atomic mass is 32.2. The van der Waals surface area contributed by atoms with Crippen molar-refractivity contribution < 1.29 is 0 Å². The number of thioether (sulfide) groups is 1. The van der Waals surface area contributed by atoms with Crippen molar-refractivity contribution in [2.24, 2.45) is 0 Å². The van der Waals surface area contributed by atoms with Crippen molar-refractivity contribution in [1.82, 2.24) is 14.7 Å². The topological polar surface area (TPSA) is 37.8 Å². The lowest BCUT2D eigenvalue weighted by molar-refractivity contribution is 0.514. The number of hydrogen-bond donors (Lipinski definition) is 1. The molecule has 5 heteroatoms. The van der Waals surface area contributed by atoms with Crippen molar-refractivity contribution in [3.8, 4) is 0 Å². The van der Waals surface area contributed by atoms with E-state index in [1.165, 1.54) is 30.8 Å². The highest BCUT2D eigenvalue weighted by molar-refractivity contribution is 8.00. The first-order valence-corrected chi connectivity index (χ1v) is 7.25. The fourth-order valence-electron chi connectivity index (χ4n) is 1.34. The van der Waals surface area contributed by atoms with Crippen LogP contribution in [0.25, 0.3) is 0 Å². The van der Waals surface area contributed by atoms with Gasteiger partial charge in [0.25, 0.3) is 0 Å². The van der Waals surface area contributed by atoms with Gasteiger partial charge in [-0.3, -0.25) is 0 Å². The summed E-state index contributed by atoms with van der Waals surface area (Å²) in [5.74, 6) is 1.10. The van der Waals surface area contributed by atoms with Crippen LogP contribution in [0.15, 0.2) is 10.7 Å². The first kappa shape index (κ1) is 12.9. The van der Waals surface area contributed by atoms with E-state index in [0.717, 1.165) is 16.6 Å². The summed E-state index contributed by atoms with van der Waals surface area (Å²) in [6, 6.07) is 0.615. The van der Waals surface area contributed by atoms with Gasteiger partial charge in [0.05, 0.1) is 0 Å². The number of hydrogen-bond acceptors (Lipinski definition) is 5. The van der Waals surface area contributed by atoms with Crippen LogP contribution in [0.2, 0.25) is 0 Å². The van der Waals surface area contributed by atoms with Crippen molar-refractivity contribution in [1.29, 1.82) is 0 Å². The Kier molecular flexibility index (Phi) is 6.96. The van der Waals surface area contributed by atoms with Gasteiger partial charge < -0.3 is 5.32 Å². The van der Waals surface area contributed by atoms with Crippen LogP contribution in [0.4, 0.5) is 0 Å². The molecule has 0 aliphatic heterocycles. The van der Waals surface area contributed by atoms with Gasteiger partial charge in [-0.25, -0.2) is 4.98 Å². The first-order chi connectivity index (χ1) is 7.36. The van der Waals surface area contributed by atoms with Crippen LogP contribution in [0.1, 0.15) is 33.1 Å². The second-order valence-electron chi connectivity index (χ2n) is 3.46. The Morgan fingerprint density at radius 1 is 1.47 bits per heavy atom. The Labute approximate surface area is 100 Å². The third-order valence-electron chi connectivity index (χ3n) is 2.07. The van der Waals surface area contributed by atoms with E-state index in [1.807, 2.05) is 11.8 Å². The smallest absolute Gasteiger partial charge is 0.169 e. The van der Waals surface area contributed by atoms with Crippen molar-refractivity contribution in [3.05, 3.63) is 6.33 Å². The molecule has 0 saturated heterocycles. The zero-order chi connectivity index (χ0) is 10.9. The standard InChI is InChI=1S/C10H19N3S2/c1-3-5-9(11-6-4-2)7-14-10-12-8-13-15-10/h8-9,11H,3-7H2,1-2H3. The Hall–Kier alpha value is -0.130. The number of rotatable bonds is 8. The Balaban J connectivity index is 2.24. The van der Waals surface area contributed by atoms with Crippen LogP contribution in [-0.4, -0.2) is 27.7 Å². The van der Waals surface area contributed by atoms with Crippen LogP contribution in [0.3, 0.4) is 0 Å². The minimum Gasteiger partial charge on any atom is -0.313 e. The van der Waals surface area contributed by atoms with Gasteiger partial charge in [-0.1, -0.05) is 32.0 Å². The van der Waals surface area contributed by atoms with Crippen molar-refractivity contribution in [2.45, 2.75) is 43.5 Å². The maximum Gasteiger partial charge on any atom is 0.169 e. The molecule has 1 atom stereocenters. The molecule has 1 rings (SSSR count). The fourth-order valence-corrected chi connectivity index (χ4v) is 2.91. The molecule has 0 bridgehead atoms. The third kappa shape index (κ3) is 5.49. The summed E-state index contributed by atoms with van der Waals surface area (Å²) in [6.45, 7) is 5.55. The predicted octanol–water partition coefficient (Wildman–Crippen LogP) is 2.80. The Morgan fingerprint density at radius 2 is 2.33 bits per heavy atom. The summed E-state index contributed by atoms with van der Waals surface area (Å²) < 4.78 is 5.08. The molecule has 15 heavy (non-hydrogen) atoms. The lowest BCUT2D eigenvalue weighted by Crippen LogP contribution is -2.31. The normalized spacial score (nSPS) is 12.9. The number of nitrogens with zero attached hydrogens (tertiary/aromatic N) is 2. The van der Waals surface area contributed by atoms with E-state index >= 15 is 0 Å². The van der Waals surface area contributed by atoms with Crippen molar-refractivity contribution in [2.75, 3.05) is 12.3 Å². The summed E-state index contributed by atoms with van der Waals surface area (Å²) in [7, 11) is 0. The van der Waals surface area contributed by atoms with Crippen LogP contribution < -0.4 is 5.32 Å². The van der Waals surface area contributed by atoms with Crippen LogP contribution in [0, 0.1) is 0 Å². The van der Waals surface area contributed by atoms with E-state index in [-0.39, 0.29) is 0 Å². The zero-order valence-corrected chi connectivity index (χ0v) is 11.0. The molecule has 0 aromatic carbocycles. The van der Waals surface area contributed by atoms with E-state index in [0.29, 0.717) is 6.04 Å². The van der Waals surface area contributed by atoms with E-state index in [1.54, 1.807) is 6.33 Å². The fraction of sp³-hybridized carbons (Fsp3) is 0.800. The second kappa shape index (κ2) is 8.07. The van der Waals surface area contributed by atoms with Gasteiger partial charge in [0, 0.05) is 11.8 Å². The molecule has 0 aliphatic rings. The Morgan fingerprint density at radius 3 is 2.93 bits per heavy atom. The van der Waals surface area contributed by atoms with Gasteiger partial charge in [-0.15, -0.1) is 0 Å². The summed E-state index contributed by atoms with van der Waals surface area (Å²) in [6.07, 6.45) is 5.30. The first-order valence-electron chi connectivity index (χ1n) is 5.49. The van der Waals surface area contributed by atoms with E-state index in [9.17, 15) is 0 Å². The van der Waals surface area contributed by atoms with Crippen molar-refractivity contribution >= 4 is 23.3 Å². The van der Waals surface area contributed by atoms with Gasteiger partial charge in [-0.2, -0.15) is 4.37 Å². The average molecular weight is 245 g/mol. The minimum absolute atomic E-state index is 0.615. The summed E-state index contributed by atoms with van der Waals surface area (Å²) in [4.78, 5) is 4.17. The summed E-state index contributed by atoms with van der Waals surface area (Å²) in [5.41, 5.74) is 0. The van der Waals surface area contributed by atoms with Gasteiger partial charge in [0.15, 0.2) is 4.34 Å². The molecule has 86 valence electrons. The summed E-state index contributed by atoms with van der Waals surface area (Å²) >= 11 is 3.29. The van der Waals surface area contributed by atoms with E-state index in [2.05, 4.69) is 28.5 Å². The molecule has 0 aliphatic carbocycles. The lowest BCUT2D eigenvalue weighted by atomic mass is 10.2. The van der Waals surface area contributed by atoms with Crippen molar-refractivity contribution in [3.63, 3.8) is 0 Å². The molecule has 1 aromatic heterocycles. The quantitative estimate of drug-likeness (QED) is 0.715. The van der Waals surface area contributed by atoms with Gasteiger partial charge in [0.1, 0.15) is 6.33 Å². The highest BCUT2D eigenvalue weighted by Crippen LogP contribution is 2.20. The SMILES string of the molecule is CCCNC(CCC)CSc1ncns1. The molecule has 3 nitrogen and oxygen atoms in total.